The topological polar surface area (TPSA) is 64.7 Å². The number of amides is 1. The van der Waals surface area contributed by atoms with E-state index in [2.05, 4.69) is 15.3 Å². The summed E-state index contributed by atoms with van der Waals surface area (Å²) < 4.78 is 3.92. The number of hydrogen-bond acceptors (Lipinski definition) is 3. The molecule has 0 unspecified atom stereocenters. The molecule has 0 radical (unpaired) electrons. The molecule has 1 amide bonds. The maximum Gasteiger partial charge on any atom is 0.220 e. The van der Waals surface area contributed by atoms with Crippen LogP contribution in [0.5, 0.6) is 0 Å². The van der Waals surface area contributed by atoms with Crippen LogP contribution < -0.4 is 5.32 Å². The van der Waals surface area contributed by atoms with Crippen molar-refractivity contribution in [2.24, 2.45) is 0 Å². The Labute approximate surface area is 134 Å². The molecule has 23 heavy (non-hydrogen) atoms. The number of nitrogens with one attached hydrogen (secondary N) is 1. The van der Waals surface area contributed by atoms with Gasteiger partial charge in [-0.3, -0.25) is 4.79 Å². The van der Waals surface area contributed by atoms with Gasteiger partial charge in [0.2, 0.25) is 5.91 Å². The van der Waals surface area contributed by atoms with Gasteiger partial charge in [-0.25, -0.2) is 9.97 Å². The molecule has 0 saturated carbocycles. The van der Waals surface area contributed by atoms with Crippen LogP contribution in [0.25, 0.3) is 5.69 Å². The standard InChI is InChI=1S/C17H19N5O/c23-17(6-3-9-21-10-7-18-13-21)20-12-15-4-1-2-5-16(15)22-11-8-19-14-22/h1-2,4-5,7-8,10-11,13-14H,3,6,9,12H2,(H,20,23). The van der Waals surface area contributed by atoms with Crippen molar-refractivity contribution in [2.45, 2.75) is 25.9 Å². The van der Waals surface area contributed by atoms with E-state index in [1.54, 1.807) is 25.0 Å². The number of carbonyl (C=O) groups excluding carboxylic acids is 1. The normalized spacial score (nSPS) is 10.6. The van der Waals surface area contributed by atoms with Crippen LogP contribution in [-0.2, 0) is 17.9 Å². The lowest BCUT2D eigenvalue weighted by molar-refractivity contribution is -0.121. The van der Waals surface area contributed by atoms with E-state index >= 15 is 0 Å². The van der Waals surface area contributed by atoms with E-state index in [0.717, 1.165) is 24.2 Å². The molecule has 0 atom stereocenters. The molecule has 0 bridgehead atoms. The van der Waals surface area contributed by atoms with Crippen LogP contribution in [0.15, 0.2) is 61.7 Å². The van der Waals surface area contributed by atoms with Crippen LogP contribution in [0.1, 0.15) is 18.4 Å². The zero-order valence-corrected chi connectivity index (χ0v) is 12.8. The number of aromatic nitrogens is 4. The van der Waals surface area contributed by atoms with Crippen LogP contribution in [0, 0.1) is 0 Å². The molecule has 2 aromatic heterocycles. The van der Waals surface area contributed by atoms with Gasteiger partial charge >= 0.3 is 0 Å². The molecule has 2 heterocycles. The van der Waals surface area contributed by atoms with Gasteiger partial charge in [-0.2, -0.15) is 0 Å². The first-order valence-corrected chi connectivity index (χ1v) is 7.61. The van der Waals surface area contributed by atoms with Gasteiger partial charge in [0.05, 0.1) is 18.3 Å². The smallest absolute Gasteiger partial charge is 0.220 e. The Kier molecular flexibility index (Phi) is 4.83. The first kappa shape index (κ1) is 15.0. The number of hydrogen-bond donors (Lipinski definition) is 1. The van der Waals surface area contributed by atoms with E-state index in [4.69, 9.17) is 0 Å². The van der Waals surface area contributed by atoms with Gasteiger partial charge in [0.15, 0.2) is 0 Å². The molecule has 0 aliphatic carbocycles. The Morgan fingerprint density at radius 1 is 1.09 bits per heavy atom. The highest BCUT2D eigenvalue weighted by molar-refractivity contribution is 5.75. The average molecular weight is 309 g/mol. The highest BCUT2D eigenvalue weighted by Gasteiger charge is 2.06. The third-order valence-corrected chi connectivity index (χ3v) is 3.63. The second-order valence-corrected chi connectivity index (χ2v) is 5.28. The zero-order chi connectivity index (χ0) is 15.9. The Morgan fingerprint density at radius 2 is 1.91 bits per heavy atom. The maximum atomic E-state index is 12.0. The molecule has 3 rings (SSSR count). The van der Waals surface area contributed by atoms with Gasteiger partial charge in [0.25, 0.3) is 0 Å². The molecule has 0 spiro atoms. The largest absolute Gasteiger partial charge is 0.352 e. The monoisotopic (exact) mass is 309 g/mol. The summed E-state index contributed by atoms with van der Waals surface area (Å²) in [6.07, 6.45) is 12.1. The minimum absolute atomic E-state index is 0.0607. The molecule has 0 aliphatic heterocycles. The van der Waals surface area contributed by atoms with E-state index < -0.39 is 0 Å². The summed E-state index contributed by atoms with van der Waals surface area (Å²) in [5, 5.41) is 2.98. The van der Waals surface area contributed by atoms with Gasteiger partial charge in [-0.15, -0.1) is 0 Å². The Balaban J connectivity index is 1.51. The molecule has 3 aromatic rings. The fourth-order valence-corrected chi connectivity index (χ4v) is 2.44. The quantitative estimate of drug-likeness (QED) is 0.727. The van der Waals surface area contributed by atoms with E-state index in [1.807, 2.05) is 45.8 Å². The number of para-hydroxylation sites is 1. The van der Waals surface area contributed by atoms with Crippen LogP contribution in [0.2, 0.25) is 0 Å². The van der Waals surface area contributed by atoms with Crippen LogP contribution in [0.3, 0.4) is 0 Å². The average Bonchev–Trinajstić information content (AvgIpc) is 3.27. The lowest BCUT2D eigenvalue weighted by atomic mass is 10.1. The van der Waals surface area contributed by atoms with E-state index in [-0.39, 0.29) is 5.91 Å². The molecule has 1 aromatic carbocycles. The number of carbonyl (C=O) groups is 1. The fraction of sp³-hybridized carbons (Fsp3) is 0.235. The lowest BCUT2D eigenvalue weighted by Crippen LogP contribution is -2.23. The van der Waals surface area contributed by atoms with Gasteiger partial charge < -0.3 is 14.5 Å². The van der Waals surface area contributed by atoms with E-state index in [0.29, 0.717) is 13.0 Å². The maximum absolute atomic E-state index is 12.0. The molecule has 6 nitrogen and oxygen atoms in total. The van der Waals surface area contributed by atoms with Crippen molar-refractivity contribution < 1.29 is 4.79 Å². The summed E-state index contributed by atoms with van der Waals surface area (Å²) in [4.78, 5) is 20.0. The molecular weight excluding hydrogens is 290 g/mol. The Morgan fingerprint density at radius 3 is 2.70 bits per heavy atom. The molecule has 0 aliphatic rings. The zero-order valence-electron chi connectivity index (χ0n) is 12.8. The second-order valence-electron chi connectivity index (χ2n) is 5.28. The van der Waals surface area contributed by atoms with Gasteiger partial charge in [0, 0.05) is 44.3 Å². The van der Waals surface area contributed by atoms with Crippen molar-refractivity contribution in [3.8, 4) is 5.69 Å². The Hall–Kier alpha value is -2.89. The summed E-state index contributed by atoms with van der Waals surface area (Å²) in [5.41, 5.74) is 2.09. The third kappa shape index (κ3) is 4.06. The van der Waals surface area contributed by atoms with Crippen molar-refractivity contribution >= 4 is 5.91 Å². The minimum atomic E-state index is 0.0607. The number of imidazole rings is 2. The third-order valence-electron chi connectivity index (χ3n) is 3.63. The highest BCUT2D eigenvalue weighted by atomic mass is 16.1. The summed E-state index contributed by atoms with van der Waals surface area (Å²) in [7, 11) is 0. The van der Waals surface area contributed by atoms with Crippen molar-refractivity contribution in [1.82, 2.24) is 24.4 Å². The summed E-state index contributed by atoms with van der Waals surface area (Å²) in [5.74, 6) is 0.0607. The van der Waals surface area contributed by atoms with Crippen LogP contribution in [-0.4, -0.2) is 25.0 Å². The number of rotatable bonds is 7. The predicted octanol–water partition coefficient (Wildman–Crippen LogP) is 2.17. The SMILES string of the molecule is O=C(CCCn1ccnc1)NCc1ccccc1-n1ccnc1. The lowest BCUT2D eigenvalue weighted by Gasteiger charge is -2.11. The predicted molar refractivity (Wildman–Crippen MR) is 86.9 cm³/mol. The molecular formula is C17H19N5O. The highest BCUT2D eigenvalue weighted by Crippen LogP contribution is 2.13. The van der Waals surface area contributed by atoms with Crippen molar-refractivity contribution in [3.05, 3.63) is 67.3 Å². The van der Waals surface area contributed by atoms with Gasteiger partial charge in [-0.05, 0) is 18.1 Å². The van der Waals surface area contributed by atoms with Crippen molar-refractivity contribution in [2.75, 3.05) is 0 Å². The van der Waals surface area contributed by atoms with Gasteiger partial charge in [0.1, 0.15) is 0 Å². The molecule has 0 fully saturated rings. The van der Waals surface area contributed by atoms with E-state index in [9.17, 15) is 4.79 Å². The van der Waals surface area contributed by atoms with Crippen molar-refractivity contribution in [1.29, 1.82) is 0 Å². The second kappa shape index (κ2) is 7.40. The summed E-state index contributed by atoms with van der Waals surface area (Å²) in [6, 6.07) is 7.98. The van der Waals surface area contributed by atoms with Gasteiger partial charge in [-0.1, -0.05) is 18.2 Å². The van der Waals surface area contributed by atoms with E-state index in [1.165, 1.54) is 0 Å². The van der Waals surface area contributed by atoms with Crippen molar-refractivity contribution in [3.63, 3.8) is 0 Å². The molecule has 0 saturated heterocycles. The number of benzene rings is 1. The molecule has 6 heteroatoms. The first-order chi connectivity index (χ1) is 11.3. The Bertz CT molecular complexity index is 734. The number of aryl methyl sites for hydroxylation is 1. The number of nitrogens with zero attached hydrogens (tertiary/aromatic N) is 4. The molecule has 118 valence electrons. The minimum Gasteiger partial charge on any atom is -0.352 e. The fourth-order valence-electron chi connectivity index (χ4n) is 2.44. The molecule has 1 N–H and O–H groups in total. The first-order valence-electron chi connectivity index (χ1n) is 7.61. The summed E-state index contributed by atoms with van der Waals surface area (Å²) >= 11 is 0. The van der Waals surface area contributed by atoms with Crippen LogP contribution >= 0.6 is 0 Å². The summed E-state index contributed by atoms with van der Waals surface area (Å²) in [6.45, 7) is 1.32. The van der Waals surface area contributed by atoms with Crippen LogP contribution in [0.4, 0.5) is 0 Å².